The summed E-state index contributed by atoms with van der Waals surface area (Å²) in [5.41, 5.74) is 4.61. The van der Waals surface area contributed by atoms with Crippen molar-refractivity contribution in [1.29, 1.82) is 0 Å². The highest BCUT2D eigenvalue weighted by Crippen LogP contribution is 2.39. The van der Waals surface area contributed by atoms with Crippen LogP contribution in [0.4, 0.5) is 0 Å². The van der Waals surface area contributed by atoms with Gasteiger partial charge in [0.1, 0.15) is 5.75 Å². The van der Waals surface area contributed by atoms with Gasteiger partial charge in [-0.15, -0.1) is 10.2 Å². The smallest absolute Gasteiger partial charge is 0.277 e. The molecule has 0 radical (unpaired) electrons. The quantitative estimate of drug-likeness (QED) is 0.347. The van der Waals surface area contributed by atoms with Crippen LogP contribution in [0.3, 0.4) is 0 Å². The molecule has 146 valence electrons. The molecule has 0 aliphatic carbocycles. The third-order valence-corrected chi connectivity index (χ3v) is 5.71. The van der Waals surface area contributed by atoms with Gasteiger partial charge in [0.05, 0.1) is 5.25 Å². The average Bonchev–Trinajstić information content (AvgIpc) is 3.21. The first kappa shape index (κ1) is 19.3. The zero-order valence-corrected chi connectivity index (χ0v) is 17.2. The van der Waals surface area contributed by atoms with Crippen molar-refractivity contribution in [3.8, 4) is 5.75 Å². The summed E-state index contributed by atoms with van der Waals surface area (Å²) in [5.74, 6) is 1.30. The summed E-state index contributed by atoms with van der Waals surface area (Å²) in [7, 11) is 0. The maximum absolute atomic E-state index is 5.89. The van der Waals surface area contributed by atoms with Crippen LogP contribution in [0.5, 0.6) is 5.75 Å². The van der Waals surface area contributed by atoms with Gasteiger partial charge in [-0.1, -0.05) is 84.6 Å². The first-order valence-electron chi connectivity index (χ1n) is 9.48. The zero-order chi connectivity index (χ0) is 20.1. The van der Waals surface area contributed by atoms with E-state index < -0.39 is 0 Å². The Morgan fingerprint density at radius 3 is 2.17 bits per heavy atom. The summed E-state index contributed by atoms with van der Waals surface area (Å²) in [6.07, 6.45) is 0. The second kappa shape index (κ2) is 8.97. The highest BCUT2D eigenvalue weighted by Gasteiger charge is 2.19. The Hall–Kier alpha value is -3.05. The molecular formula is C24H22N2O2S. The standard InChI is InChI=1S/C24H22N2O2S/c1-17-13-14-18(2)21(15-17)27-16-22-25-26-24(28-22)29-23(19-9-5-3-6-10-19)20-11-7-4-8-12-20/h3-15,23H,16H2,1-2H3. The summed E-state index contributed by atoms with van der Waals surface area (Å²) in [5, 5.41) is 8.99. The predicted molar refractivity (Wildman–Crippen MR) is 115 cm³/mol. The molecule has 4 nitrogen and oxygen atoms in total. The van der Waals surface area contributed by atoms with E-state index in [1.165, 1.54) is 11.1 Å². The Morgan fingerprint density at radius 1 is 0.862 bits per heavy atom. The van der Waals surface area contributed by atoms with Crippen molar-refractivity contribution >= 4 is 11.8 Å². The number of thioether (sulfide) groups is 1. The Balaban J connectivity index is 1.50. The molecule has 29 heavy (non-hydrogen) atoms. The summed E-state index contributed by atoms with van der Waals surface area (Å²) in [6.45, 7) is 4.31. The Kier molecular flexibility index (Phi) is 5.96. The van der Waals surface area contributed by atoms with E-state index in [0.717, 1.165) is 16.9 Å². The van der Waals surface area contributed by atoms with Crippen molar-refractivity contribution < 1.29 is 9.15 Å². The lowest BCUT2D eigenvalue weighted by Crippen LogP contribution is -1.97. The molecule has 3 aromatic carbocycles. The lowest BCUT2D eigenvalue weighted by molar-refractivity contribution is 0.250. The molecule has 0 amide bonds. The van der Waals surface area contributed by atoms with Gasteiger partial charge in [0.2, 0.25) is 0 Å². The van der Waals surface area contributed by atoms with Gasteiger partial charge in [0.15, 0.2) is 6.61 Å². The van der Waals surface area contributed by atoms with E-state index in [9.17, 15) is 0 Å². The number of aromatic nitrogens is 2. The van der Waals surface area contributed by atoms with E-state index in [-0.39, 0.29) is 11.9 Å². The second-order valence-electron chi connectivity index (χ2n) is 6.84. The number of hydrogen-bond acceptors (Lipinski definition) is 5. The van der Waals surface area contributed by atoms with Crippen LogP contribution in [-0.2, 0) is 6.61 Å². The number of ether oxygens (including phenoxy) is 1. The van der Waals surface area contributed by atoms with Crippen molar-refractivity contribution in [2.75, 3.05) is 0 Å². The van der Waals surface area contributed by atoms with Gasteiger partial charge in [-0.25, -0.2) is 0 Å². The monoisotopic (exact) mass is 402 g/mol. The summed E-state index contributed by atoms with van der Waals surface area (Å²) in [4.78, 5) is 0. The molecule has 0 aliphatic heterocycles. The molecule has 4 aromatic rings. The summed E-state index contributed by atoms with van der Waals surface area (Å²) >= 11 is 1.55. The first-order valence-corrected chi connectivity index (χ1v) is 10.4. The van der Waals surface area contributed by atoms with Crippen LogP contribution in [0.25, 0.3) is 0 Å². The maximum Gasteiger partial charge on any atom is 0.277 e. The molecule has 0 fully saturated rings. The van der Waals surface area contributed by atoms with E-state index in [1.807, 2.05) is 62.4 Å². The molecule has 0 atom stereocenters. The third kappa shape index (κ3) is 4.87. The normalized spacial score (nSPS) is 11.0. The Labute approximate surface area is 175 Å². The zero-order valence-electron chi connectivity index (χ0n) is 16.4. The topological polar surface area (TPSA) is 48.2 Å². The first-order chi connectivity index (χ1) is 14.2. The molecule has 0 unspecified atom stereocenters. The number of rotatable bonds is 7. The fourth-order valence-electron chi connectivity index (χ4n) is 3.03. The number of hydrogen-bond donors (Lipinski definition) is 0. The second-order valence-corrected chi connectivity index (χ2v) is 7.89. The summed E-state index contributed by atoms with van der Waals surface area (Å²) < 4.78 is 11.8. The highest BCUT2D eigenvalue weighted by atomic mass is 32.2. The SMILES string of the molecule is Cc1ccc(C)c(OCc2nnc(SC(c3ccccc3)c3ccccc3)o2)c1. The van der Waals surface area contributed by atoms with Gasteiger partial charge < -0.3 is 9.15 Å². The average molecular weight is 403 g/mol. The molecule has 1 heterocycles. The molecular weight excluding hydrogens is 380 g/mol. The molecule has 0 saturated carbocycles. The van der Waals surface area contributed by atoms with Crippen LogP contribution in [0, 0.1) is 13.8 Å². The number of nitrogens with zero attached hydrogens (tertiary/aromatic N) is 2. The number of benzene rings is 3. The molecule has 0 bridgehead atoms. The van der Waals surface area contributed by atoms with Crippen molar-refractivity contribution in [1.82, 2.24) is 10.2 Å². The van der Waals surface area contributed by atoms with Crippen LogP contribution in [0.15, 0.2) is 88.5 Å². The van der Waals surface area contributed by atoms with E-state index in [0.29, 0.717) is 11.1 Å². The van der Waals surface area contributed by atoms with Gasteiger partial charge in [-0.2, -0.15) is 0 Å². The van der Waals surface area contributed by atoms with Crippen LogP contribution in [0.2, 0.25) is 0 Å². The fraction of sp³-hybridized carbons (Fsp3) is 0.167. The van der Waals surface area contributed by atoms with Crippen molar-refractivity contribution in [3.63, 3.8) is 0 Å². The van der Waals surface area contributed by atoms with Gasteiger partial charge >= 0.3 is 0 Å². The van der Waals surface area contributed by atoms with Gasteiger partial charge in [-0.3, -0.25) is 0 Å². The third-order valence-electron chi connectivity index (χ3n) is 4.57. The molecule has 0 saturated heterocycles. The fourth-order valence-corrected chi connectivity index (χ4v) is 4.05. The van der Waals surface area contributed by atoms with Crippen LogP contribution in [-0.4, -0.2) is 10.2 Å². The summed E-state index contributed by atoms with van der Waals surface area (Å²) in [6, 6.07) is 26.8. The highest BCUT2D eigenvalue weighted by molar-refractivity contribution is 7.99. The van der Waals surface area contributed by atoms with E-state index >= 15 is 0 Å². The number of aryl methyl sites for hydroxylation is 2. The van der Waals surface area contributed by atoms with Crippen LogP contribution in [0.1, 0.15) is 33.4 Å². The van der Waals surface area contributed by atoms with Gasteiger partial charge in [-0.05, 0) is 42.2 Å². The van der Waals surface area contributed by atoms with Gasteiger partial charge in [0, 0.05) is 0 Å². The van der Waals surface area contributed by atoms with E-state index in [1.54, 1.807) is 11.8 Å². The minimum absolute atomic E-state index is 0.0747. The molecule has 5 heteroatoms. The largest absolute Gasteiger partial charge is 0.484 e. The van der Waals surface area contributed by atoms with Crippen molar-refractivity contribution in [3.05, 3.63) is 107 Å². The molecule has 0 aliphatic rings. The van der Waals surface area contributed by atoms with Crippen molar-refractivity contribution in [2.24, 2.45) is 0 Å². The molecule has 4 rings (SSSR count). The minimum atomic E-state index is 0.0747. The van der Waals surface area contributed by atoms with Crippen LogP contribution < -0.4 is 4.74 Å². The lowest BCUT2D eigenvalue weighted by atomic mass is 10.0. The Morgan fingerprint density at radius 2 is 1.52 bits per heavy atom. The molecule has 1 aromatic heterocycles. The molecule has 0 spiro atoms. The van der Waals surface area contributed by atoms with E-state index in [4.69, 9.17) is 9.15 Å². The van der Waals surface area contributed by atoms with Crippen LogP contribution >= 0.6 is 11.8 Å². The van der Waals surface area contributed by atoms with Crippen molar-refractivity contribution in [2.45, 2.75) is 30.9 Å². The minimum Gasteiger partial charge on any atom is -0.484 e. The van der Waals surface area contributed by atoms with Gasteiger partial charge in [0.25, 0.3) is 11.1 Å². The maximum atomic E-state index is 5.89. The molecule has 0 N–H and O–H groups in total. The van der Waals surface area contributed by atoms with E-state index in [2.05, 4.69) is 40.5 Å². The lowest BCUT2D eigenvalue weighted by Gasteiger charge is -2.15. The predicted octanol–water partition coefficient (Wildman–Crippen LogP) is 6.15. The Bertz CT molecular complexity index is 1030.